The van der Waals surface area contributed by atoms with Crippen LogP contribution in [0.1, 0.15) is 239 Å². The molecule has 4 aliphatic carbocycles. The fourth-order valence-corrected chi connectivity index (χ4v) is 16.1. The van der Waals surface area contributed by atoms with Crippen molar-refractivity contribution >= 4 is 79.2 Å². The summed E-state index contributed by atoms with van der Waals surface area (Å²) in [5.41, 5.74) is 28.9. The number of nitrogens with zero attached hydrogens (tertiary/aromatic N) is 2. The highest BCUT2D eigenvalue weighted by atomic mass is 16.3. The van der Waals surface area contributed by atoms with E-state index in [0.29, 0.717) is 0 Å². The average molecular weight is 1020 g/mol. The Morgan fingerprint density at radius 1 is 0.403 bits per heavy atom. The molecule has 7 aromatic rings. The molecule has 0 saturated heterocycles. The Morgan fingerprint density at radius 3 is 1.38 bits per heavy atom. The maximum Gasteiger partial charge on any atom is 0.252 e. The van der Waals surface area contributed by atoms with Crippen LogP contribution in [0.25, 0.3) is 21.9 Å². The molecule has 0 bridgehead atoms. The lowest BCUT2D eigenvalue weighted by molar-refractivity contribution is 0.332. The van der Waals surface area contributed by atoms with E-state index in [0.717, 1.165) is 24.0 Å². The molecule has 0 saturated carbocycles. The zero-order valence-electron chi connectivity index (χ0n) is 51.0. The van der Waals surface area contributed by atoms with Crippen LogP contribution >= 0.6 is 0 Å². The van der Waals surface area contributed by atoms with Gasteiger partial charge in [-0.2, -0.15) is 0 Å². The summed E-state index contributed by atoms with van der Waals surface area (Å²) < 4.78 is 7.29. The summed E-state index contributed by atoms with van der Waals surface area (Å²) in [4.78, 5) is 5.54. The fraction of sp³-hybridized carbons (Fsp3) is 0.507. The van der Waals surface area contributed by atoms with Crippen LogP contribution in [-0.2, 0) is 48.7 Å². The van der Waals surface area contributed by atoms with Gasteiger partial charge in [-0.3, -0.25) is 0 Å². The van der Waals surface area contributed by atoms with E-state index >= 15 is 0 Å². The number of benzene rings is 6. The number of aryl methyl sites for hydroxylation is 1. The maximum absolute atomic E-state index is 7.29. The van der Waals surface area contributed by atoms with Gasteiger partial charge in [0.2, 0.25) is 0 Å². The lowest BCUT2D eigenvalue weighted by Crippen LogP contribution is -2.62. The third-order valence-corrected chi connectivity index (χ3v) is 22.0. The molecule has 3 heterocycles. The Kier molecular flexibility index (Phi) is 10.4. The van der Waals surface area contributed by atoms with Crippen LogP contribution in [0.4, 0.5) is 34.1 Å². The largest absolute Gasteiger partial charge is 0.456 e. The number of rotatable bonds is 2. The molecular formula is C73H89BN2O. The van der Waals surface area contributed by atoms with Crippen molar-refractivity contribution in [2.45, 2.75) is 239 Å². The van der Waals surface area contributed by atoms with Crippen LogP contribution in [0, 0.1) is 6.92 Å². The van der Waals surface area contributed by atoms with E-state index in [2.05, 4.69) is 227 Å². The Hall–Kier alpha value is -5.22. The molecule has 2 aliphatic heterocycles. The summed E-state index contributed by atoms with van der Waals surface area (Å²) in [5.74, 6) is 0. The molecule has 6 aromatic carbocycles. The van der Waals surface area contributed by atoms with Crippen molar-refractivity contribution in [3.63, 3.8) is 0 Å². The molecule has 4 heteroatoms. The first-order valence-corrected chi connectivity index (χ1v) is 30.0. The lowest BCUT2D eigenvalue weighted by Gasteiger charge is -2.49. The molecule has 13 rings (SSSR count). The van der Waals surface area contributed by atoms with Crippen LogP contribution in [0.5, 0.6) is 0 Å². The normalized spacial score (nSPS) is 22.1. The predicted octanol–water partition coefficient (Wildman–Crippen LogP) is 18.7. The van der Waals surface area contributed by atoms with Gasteiger partial charge in [0, 0.05) is 33.8 Å². The van der Waals surface area contributed by atoms with Gasteiger partial charge in [-0.1, -0.05) is 156 Å². The lowest BCUT2D eigenvalue weighted by atomic mass is 9.33. The summed E-state index contributed by atoms with van der Waals surface area (Å²) in [6.45, 7) is 49.4. The van der Waals surface area contributed by atoms with Crippen molar-refractivity contribution in [2.24, 2.45) is 0 Å². The topological polar surface area (TPSA) is 19.6 Å². The van der Waals surface area contributed by atoms with Crippen molar-refractivity contribution < 1.29 is 4.42 Å². The van der Waals surface area contributed by atoms with Gasteiger partial charge >= 0.3 is 0 Å². The fourth-order valence-electron chi connectivity index (χ4n) is 16.1. The summed E-state index contributed by atoms with van der Waals surface area (Å²) in [7, 11) is 0. The predicted molar refractivity (Wildman–Crippen MR) is 332 cm³/mol. The molecule has 77 heavy (non-hydrogen) atoms. The van der Waals surface area contributed by atoms with Crippen molar-refractivity contribution in [1.82, 2.24) is 0 Å². The first-order chi connectivity index (χ1) is 35.6. The monoisotopic (exact) mass is 1020 g/mol. The second-order valence-corrected chi connectivity index (χ2v) is 32.1. The van der Waals surface area contributed by atoms with Crippen LogP contribution in [0.15, 0.2) is 83.3 Å². The molecule has 1 aromatic heterocycles. The van der Waals surface area contributed by atoms with Gasteiger partial charge in [0.15, 0.2) is 0 Å². The van der Waals surface area contributed by atoms with Crippen LogP contribution < -0.4 is 26.2 Å². The minimum absolute atomic E-state index is 0.0249. The summed E-state index contributed by atoms with van der Waals surface area (Å²) in [5, 5.41) is 2.48. The highest BCUT2D eigenvalue weighted by Gasteiger charge is 2.50. The van der Waals surface area contributed by atoms with Gasteiger partial charge in [0.25, 0.3) is 6.71 Å². The molecule has 6 aliphatic rings. The molecular weight excluding hydrogens is 932 g/mol. The smallest absolute Gasteiger partial charge is 0.252 e. The number of hydrogen-bond donors (Lipinski definition) is 0. The standard InChI is InChI=1S/C73H89BN2O/c1-42-33-47-51(71(15,16)30-27-67(47,7)8)39-56(42)76-59-35-43(65(2,3)4)34-58-63(59)74(54-23-24-60-62(64(54)76)45-37-49-53(41-61(45)77-60)73(19,20)32-28-69(49,11)12)55-38-50-52(72(17,18)31-29-70(50,13)14)40-57(55)75(58)44-21-22-46-48(36-44)68(9,10)26-25-66(46,5)6/h21-24,33-41H,25-32H2,1-20H3. The van der Waals surface area contributed by atoms with E-state index in [-0.39, 0.29) is 55.4 Å². The molecule has 3 nitrogen and oxygen atoms in total. The number of hydrogen-bond acceptors (Lipinski definition) is 3. The van der Waals surface area contributed by atoms with E-state index in [1.165, 1.54) is 155 Å². The van der Waals surface area contributed by atoms with Crippen molar-refractivity contribution in [3.05, 3.63) is 134 Å². The quantitative estimate of drug-likeness (QED) is 0.161. The highest BCUT2D eigenvalue weighted by Crippen LogP contribution is 2.57. The number of anilines is 6. The average Bonchev–Trinajstić information content (AvgIpc) is 3.90. The first kappa shape index (κ1) is 51.2. The summed E-state index contributed by atoms with van der Waals surface area (Å²) in [6.07, 6.45) is 9.38. The second-order valence-electron chi connectivity index (χ2n) is 32.1. The molecule has 400 valence electrons. The molecule has 0 atom stereocenters. The molecule has 0 spiro atoms. The van der Waals surface area contributed by atoms with Gasteiger partial charge in [0.05, 0.1) is 11.1 Å². The Bertz CT molecular complexity index is 3720. The number of furan rings is 1. The van der Waals surface area contributed by atoms with E-state index in [4.69, 9.17) is 4.42 Å². The Balaban J connectivity index is 1.21. The van der Waals surface area contributed by atoms with Gasteiger partial charge < -0.3 is 14.2 Å². The van der Waals surface area contributed by atoms with Crippen molar-refractivity contribution in [3.8, 4) is 0 Å². The molecule has 0 fully saturated rings. The van der Waals surface area contributed by atoms with E-state index in [9.17, 15) is 0 Å². The van der Waals surface area contributed by atoms with Gasteiger partial charge in [0.1, 0.15) is 11.2 Å². The zero-order chi connectivity index (χ0) is 55.1. The SMILES string of the molecule is Cc1cc2c(cc1N1c3cc(C(C)(C)C)cc4c3B(c3cc5c(cc3N4c3ccc4c(c3)C(C)(C)CCC4(C)C)C(C)(C)CCC5(C)C)c3ccc4oc5cc6c(cc5c4c31)C(C)(C)CCC6(C)C)C(C)(C)CCC2(C)C. The van der Waals surface area contributed by atoms with E-state index in [1.807, 2.05) is 0 Å². The zero-order valence-corrected chi connectivity index (χ0v) is 51.0. The van der Waals surface area contributed by atoms with Gasteiger partial charge in [-0.15, -0.1) is 0 Å². The number of fused-ring (bicyclic) bond motifs is 12. The van der Waals surface area contributed by atoms with Crippen LogP contribution in [0.3, 0.4) is 0 Å². The van der Waals surface area contributed by atoms with Crippen molar-refractivity contribution in [1.29, 1.82) is 0 Å². The summed E-state index contributed by atoms with van der Waals surface area (Å²) in [6, 6.07) is 33.5. The maximum atomic E-state index is 7.29. The van der Waals surface area contributed by atoms with Crippen LogP contribution in [-0.4, -0.2) is 6.71 Å². The van der Waals surface area contributed by atoms with E-state index in [1.54, 1.807) is 0 Å². The van der Waals surface area contributed by atoms with E-state index < -0.39 is 0 Å². The molecule has 0 amide bonds. The van der Waals surface area contributed by atoms with Crippen molar-refractivity contribution in [2.75, 3.05) is 9.80 Å². The van der Waals surface area contributed by atoms with Gasteiger partial charge in [-0.05, 0) is 234 Å². The minimum atomic E-state index is -0.147. The molecule has 0 N–H and O–H groups in total. The summed E-state index contributed by atoms with van der Waals surface area (Å²) >= 11 is 0. The molecule has 0 unspecified atom stereocenters. The molecule has 0 radical (unpaired) electrons. The Labute approximate surface area is 464 Å². The Morgan fingerprint density at radius 2 is 0.844 bits per heavy atom. The third kappa shape index (κ3) is 7.26. The van der Waals surface area contributed by atoms with Crippen LogP contribution in [0.2, 0.25) is 0 Å². The minimum Gasteiger partial charge on any atom is -0.456 e. The third-order valence-electron chi connectivity index (χ3n) is 22.0. The highest BCUT2D eigenvalue weighted by molar-refractivity contribution is 7.00. The first-order valence-electron chi connectivity index (χ1n) is 30.0. The van der Waals surface area contributed by atoms with Gasteiger partial charge in [-0.25, -0.2) is 0 Å². The second kappa shape index (κ2) is 15.6.